The Hall–Kier alpha value is -2.04. The van der Waals surface area contributed by atoms with Gasteiger partial charge in [-0.1, -0.05) is 36.4 Å². The molecule has 1 fully saturated rings. The molecule has 1 aliphatic rings. The first-order valence-corrected chi connectivity index (χ1v) is 9.44. The molecular weight excluding hydrogens is 360 g/mol. The fraction of sp³-hybridized carbons (Fsp3) is 0.409. The smallest absolute Gasteiger partial charge is 0.224 e. The van der Waals surface area contributed by atoms with E-state index in [0.29, 0.717) is 18.9 Å². The number of halogens is 1. The molecule has 2 aromatic rings. The van der Waals surface area contributed by atoms with Crippen LogP contribution in [0.1, 0.15) is 29.5 Å². The lowest BCUT2D eigenvalue weighted by Gasteiger charge is -2.11. The van der Waals surface area contributed by atoms with Crippen molar-refractivity contribution in [3.63, 3.8) is 0 Å². The van der Waals surface area contributed by atoms with Crippen LogP contribution in [0.4, 0.5) is 0 Å². The molecule has 2 aromatic carbocycles. The highest BCUT2D eigenvalue weighted by molar-refractivity contribution is 5.85. The van der Waals surface area contributed by atoms with Gasteiger partial charge in [-0.25, -0.2) is 0 Å². The van der Waals surface area contributed by atoms with E-state index in [-0.39, 0.29) is 18.3 Å². The van der Waals surface area contributed by atoms with Crippen LogP contribution in [-0.4, -0.2) is 25.5 Å². The van der Waals surface area contributed by atoms with Crippen LogP contribution >= 0.6 is 12.4 Å². The number of carbonyl (C=O) groups is 1. The Morgan fingerprint density at radius 1 is 1.22 bits per heavy atom. The third kappa shape index (κ3) is 6.89. The molecule has 1 atom stereocenters. The maximum atomic E-state index is 12.2. The topological polar surface area (TPSA) is 50.4 Å². The van der Waals surface area contributed by atoms with Crippen LogP contribution in [0.3, 0.4) is 0 Å². The lowest BCUT2D eigenvalue weighted by Crippen LogP contribution is -2.27. The van der Waals surface area contributed by atoms with E-state index in [2.05, 4.69) is 29.7 Å². The summed E-state index contributed by atoms with van der Waals surface area (Å²) in [4.78, 5) is 12.2. The van der Waals surface area contributed by atoms with Crippen LogP contribution in [0.5, 0.6) is 5.75 Å². The molecule has 4 nitrogen and oxygen atoms in total. The molecule has 1 amide bonds. The zero-order chi connectivity index (χ0) is 18.2. The zero-order valence-corrected chi connectivity index (χ0v) is 16.7. The Morgan fingerprint density at radius 2 is 2.07 bits per heavy atom. The Morgan fingerprint density at radius 3 is 2.85 bits per heavy atom. The van der Waals surface area contributed by atoms with E-state index in [9.17, 15) is 4.79 Å². The lowest BCUT2D eigenvalue weighted by atomic mass is 10.1. The molecule has 0 radical (unpaired) electrons. The van der Waals surface area contributed by atoms with Gasteiger partial charge in [0.05, 0.1) is 6.42 Å². The van der Waals surface area contributed by atoms with Crippen molar-refractivity contribution in [3.8, 4) is 5.75 Å². The SMILES string of the molecule is Cc1ccccc1COc1cccc(CC(=O)NCCC2CCNC2)c1.Cl. The van der Waals surface area contributed by atoms with Crippen molar-refractivity contribution in [3.05, 3.63) is 65.2 Å². The molecule has 0 aromatic heterocycles. The molecule has 27 heavy (non-hydrogen) atoms. The van der Waals surface area contributed by atoms with Gasteiger partial charge >= 0.3 is 0 Å². The number of hydrogen-bond donors (Lipinski definition) is 2. The number of amides is 1. The van der Waals surface area contributed by atoms with Crippen molar-refractivity contribution in [2.24, 2.45) is 5.92 Å². The number of benzene rings is 2. The normalized spacial score (nSPS) is 15.8. The molecule has 1 saturated heterocycles. The fourth-order valence-corrected chi connectivity index (χ4v) is 3.30. The minimum absolute atomic E-state index is 0. The van der Waals surface area contributed by atoms with Crippen LogP contribution in [-0.2, 0) is 17.8 Å². The number of aryl methyl sites for hydroxylation is 1. The summed E-state index contributed by atoms with van der Waals surface area (Å²) in [6, 6.07) is 16.0. The van der Waals surface area contributed by atoms with E-state index in [4.69, 9.17) is 4.74 Å². The van der Waals surface area contributed by atoms with Gasteiger partial charge in [-0.15, -0.1) is 12.4 Å². The molecule has 1 heterocycles. The molecule has 3 rings (SSSR count). The predicted molar refractivity (Wildman–Crippen MR) is 112 cm³/mol. The zero-order valence-electron chi connectivity index (χ0n) is 15.9. The summed E-state index contributed by atoms with van der Waals surface area (Å²) < 4.78 is 5.91. The Bertz CT molecular complexity index is 730. The summed E-state index contributed by atoms with van der Waals surface area (Å²) in [5, 5.41) is 6.39. The molecule has 0 aliphatic carbocycles. The van der Waals surface area contributed by atoms with Crippen LogP contribution < -0.4 is 15.4 Å². The van der Waals surface area contributed by atoms with E-state index in [1.54, 1.807) is 0 Å². The van der Waals surface area contributed by atoms with Crippen molar-refractivity contribution >= 4 is 18.3 Å². The summed E-state index contributed by atoms with van der Waals surface area (Å²) in [5.41, 5.74) is 3.38. The number of nitrogens with one attached hydrogen (secondary N) is 2. The Balaban J connectivity index is 0.00000261. The largest absolute Gasteiger partial charge is 0.489 e. The summed E-state index contributed by atoms with van der Waals surface area (Å²) in [7, 11) is 0. The first-order chi connectivity index (χ1) is 12.7. The van der Waals surface area contributed by atoms with Gasteiger partial charge in [0.2, 0.25) is 5.91 Å². The van der Waals surface area contributed by atoms with E-state index < -0.39 is 0 Å². The minimum atomic E-state index is 0. The lowest BCUT2D eigenvalue weighted by molar-refractivity contribution is -0.120. The Labute approximate surface area is 168 Å². The van der Waals surface area contributed by atoms with Gasteiger partial charge < -0.3 is 15.4 Å². The number of rotatable bonds is 8. The highest BCUT2D eigenvalue weighted by Gasteiger charge is 2.14. The molecule has 0 bridgehead atoms. The van der Waals surface area contributed by atoms with Gasteiger partial charge in [0.15, 0.2) is 0 Å². The molecule has 2 N–H and O–H groups in total. The van der Waals surface area contributed by atoms with Gasteiger partial charge in [0.1, 0.15) is 12.4 Å². The van der Waals surface area contributed by atoms with E-state index >= 15 is 0 Å². The fourth-order valence-electron chi connectivity index (χ4n) is 3.30. The number of carbonyl (C=O) groups excluding carboxylic acids is 1. The molecule has 5 heteroatoms. The van der Waals surface area contributed by atoms with Crippen molar-refractivity contribution < 1.29 is 9.53 Å². The summed E-state index contributed by atoms with van der Waals surface area (Å²) in [5.74, 6) is 1.58. The number of hydrogen-bond acceptors (Lipinski definition) is 3. The predicted octanol–water partition coefficient (Wildman–Crippen LogP) is 3.65. The van der Waals surface area contributed by atoms with Crippen molar-refractivity contribution in [1.29, 1.82) is 0 Å². The summed E-state index contributed by atoms with van der Waals surface area (Å²) in [6.45, 7) is 5.57. The van der Waals surface area contributed by atoms with Crippen LogP contribution in [0.15, 0.2) is 48.5 Å². The monoisotopic (exact) mass is 388 g/mol. The van der Waals surface area contributed by atoms with Crippen LogP contribution in [0.25, 0.3) is 0 Å². The van der Waals surface area contributed by atoms with E-state index in [1.165, 1.54) is 17.5 Å². The van der Waals surface area contributed by atoms with Crippen molar-refractivity contribution in [2.45, 2.75) is 32.8 Å². The highest BCUT2D eigenvalue weighted by Crippen LogP contribution is 2.17. The maximum Gasteiger partial charge on any atom is 0.224 e. The molecule has 1 aliphatic heterocycles. The highest BCUT2D eigenvalue weighted by atomic mass is 35.5. The average Bonchev–Trinajstić information content (AvgIpc) is 3.15. The second-order valence-corrected chi connectivity index (χ2v) is 7.04. The van der Waals surface area contributed by atoms with Gasteiger partial charge in [0, 0.05) is 6.54 Å². The molecule has 0 saturated carbocycles. The van der Waals surface area contributed by atoms with E-state index in [0.717, 1.165) is 37.4 Å². The third-order valence-corrected chi connectivity index (χ3v) is 4.96. The summed E-state index contributed by atoms with van der Waals surface area (Å²) in [6.07, 6.45) is 2.67. The quantitative estimate of drug-likeness (QED) is 0.725. The van der Waals surface area contributed by atoms with Gasteiger partial charge in [-0.05, 0) is 67.6 Å². The standard InChI is InChI=1S/C22H28N2O2.ClH/c1-17-5-2-3-7-20(17)16-26-21-8-4-6-19(13-21)14-22(25)24-12-10-18-9-11-23-15-18;/h2-8,13,18,23H,9-12,14-16H2,1H3,(H,24,25);1H. The first-order valence-electron chi connectivity index (χ1n) is 9.44. The minimum Gasteiger partial charge on any atom is -0.489 e. The van der Waals surface area contributed by atoms with Gasteiger partial charge in [-0.3, -0.25) is 4.79 Å². The van der Waals surface area contributed by atoms with Crippen LogP contribution in [0.2, 0.25) is 0 Å². The van der Waals surface area contributed by atoms with Crippen LogP contribution in [0, 0.1) is 12.8 Å². The molecular formula is C22H29ClN2O2. The van der Waals surface area contributed by atoms with Crippen molar-refractivity contribution in [1.82, 2.24) is 10.6 Å². The third-order valence-electron chi connectivity index (χ3n) is 4.96. The first kappa shape index (κ1) is 21.3. The molecule has 1 unspecified atom stereocenters. The molecule has 146 valence electrons. The Kier molecular flexibility index (Phi) is 8.62. The summed E-state index contributed by atoms with van der Waals surface area (Å²) >= 11 is 0. The second-order valence-electron chi connectivity index (χ2n) is 7.04. The van der Waals surface area contributed by atoms with Crippen molar-refractivity contribution in [2.75, 3.05) is 19.6 Å². The molecule has 0 spiro atoms. The van der Waals surface area contributed by atoms with E-state index in [1.807, 2.05) is 36.4 Å². The van der Waals surface area contributed by atoms with Gasteiger partial charge in [0.25, 0.3) is 0 Å². The maximum absolute atomic E-state index is 12.2. The second kappa shape index (κ2) is 11.0. The van der Waals surface area contributed by atoms with Gasteiger partial charge in [-0.2, -0.15) is 0 Å². The number of ether oxygens (including phenoxy) is 1. The average molecular weight is 389 g/mol.